The van der Waals surface area contributed by atoms with Crippen LogP contribution in [-0.4, -0.2) is 25.3 Å². The summed E-state index contributed by atoms with van der Waals surface area (Å²) in [5.74, 6) is 1.55. The average molecular weight is 289 g/mol. The molecule has 0 radical (unpaired) electrons. The first-order valence-corrected chi connectivity index (χ1v) is 7.17. The van der Waals surface area contributed by atoms with Crippen LogP contribution >= 0.6 is 0 Å². The maximum Gasteiger partial charge on any atom is 0.164 e. The highest BCUT2D eigenvalue weighted by atomic mass is 16.5. The molecule has 6 nitrogen and oxygen atoms in total. The van der Waals surface area contributed by atoms with Crippen molar-refractivity contribution in [2.75, 3.05) is 0 Å². The molecule has 0 fully saturated rings. The molecule has 2 aromatic heterocycles. The van der Waals surface area contributed by atoms with Gasteiger partial charge in [-0.15, -0.1) is 0 Å². The van der Waals surface area contributed by atoms with Crippen LogP contribution in [0, 0.1) is 0 Å². The van der Waals surface area contributed by atoms with Crippen LogP contribution in [0.1, 0.15) is 39.2 Å². The highest BCUT2D eigenvalue weighted by Gasteiger charge is 2.09. The normalized spacial score (nSPS) is 11.6. The molecule has 1 N–H and O–H groups in total. The number of hydrogen-bond donors (Lipinski definition) is 1. The number of rotatable bonds is 6. The maximum absolute atomic E-state index is 5.69. The van der Waals surface area contributed by atoms with Crippen LogP contribution in [0.15, 0.2) is 24.7 Å². The van der Waals surface area contributed by atoms with Crippen molar-refractivity contribution in [3.63, 3.8) is 0 Å². The summed E-state index contributed by atoms with van der Waals surface area (Å²) >= 11 is 0. The number of hydrogen-bond acceptors (Lipinski definition) is 5. The molecule has 2 rings (SSSR count). The zero-order valence-electron chi connectivity index (χ0n) is 13.1. The molecule has 21 heavy (non-hydrogen) atoms. The van der Waals surface area contributed by atoms with Crippen LogP contribution in [0.2, 0.25) is 0 Å². The summed E-state index contributed by atoms with van der Waals surface area (Å²) < 4.78 is 7.50. The van der Waals surface area contributed by atoms with Gasteiger partial charge < -0.3 is 10.1 Å². The van der Waals surface area contributed by atoms with Crippen molar-refractivity contribution in [1.29, 1.82) is 0 Å². The zero-order chi connectivity index (χ0) is 15.3. The highest BCUT2D eigenvalue weighted by molar-refractivity contribution is 5.20. The van der Waals surface area contributed by atoms with E-state index in [2.05, 4.69) is 41.2 Å². The number of ether oxygens (including phenoxy) is 1. The minimum atomic E-state index is 0.0844. The van der Waals surface area contributed by atoms with Crippen LogP contribution in [0.4, 0.5) is 0 Å². The summed E-state index contributed by atoms with van der Waals surface area (Å²) in [7, 11) is 0. The third kappa shape index (κ3) is 4.82. The molecular weight excluding hydrogens is 266 g/mol. The Morgan fingerprint density at radius 3 is 2.67 bits per heavy atom. The van der Waals surface area contributed by atoms with Crippen molar-refractivity contribution in [2.45, 2.75) is 52.9 Å². The van der Waals surface area contributed by atoms with Gasteiger partial charge in [0.25, 0.3) is 0 Å². The summed E-state index contributed by atoms with van der Waals surface area (Å²) in [5.41, 5.74) is 1.08. The van der Waals surface area contributed by atoms with Gasteiger partial charge in [0.05, 0.1) is 11.9 Å². The van der Waals surface area contributed by atoms with E-state index in [1.54, 1.807) is 12.5 Å². The second-order valence-corrected chi connectivity index (χ2v) is 5.87. The molecule has 0 spiro atoms. The van der Waals surface area contributed by atoms with Gasteiger partial charge >= 0.3 is 0 Å². The van der Waals surface area contributed by atoms with E-state index in [-0.39, 0.29) is 5.54 Å². The lowest BCUT2D eigenvalue weighted by atomic mass is 10.1. The molecule has 0 bridgehead atoms. The molecule has 0 saturated carbocycles. The Kier molecular flexibility index (Phi) is 4.90. The monoisotopic (exact) mass is 289 g/mol. The second kappa shape index (κ2) is 6.67. The van der Waals surface area contributed by atoms with E-state index in [4.69, 9.17) is 4.74 Å². The topological polar surface area (TPSA) is 64.9 Å². The first-order valence-electron chi connectivity index (χ1n) is 7.17. The molecule has 2 aromatic rings. The predicted molar refractivity (Wildman–Crippen MR) is 80.9 cm³/mol. The zero-order valence-corrected chi connectivity index (χ0v) is 13.1. The van der Waals surface area contributed by atoms with Crippen molar-refractivity contribution in [3.05, 3.63) is 36.2 Å². The van der Waals surface area contributed by atoms with Gasteiger partial charge in [0.1, 0.15) is 18.7 Å². The summed E-state index contributed by atoms with van der Waals surface area (Å²) in [6.07, 6.45) is 3.29. The Balaban J connectivity index is 1.88. The number of aryl methyl sites for hydroxylation is 1. The molecule has 0 atom stereocenters. The van der Waals surface area contributed by atoms with Crippen molar-refractivity contribution in [1.82, 2.24) is 25.1 Å². The van der Waals surface area contributed by atoms with Gasteiger partial charge in [-0.05, 0) is 39.8 Å². The van der Waals surface area contributed by atoms with E-state index in [9.17, 15) is 0 Å². The smallest absolute Gasteiger partial charge is 0.164 e. The summed E-state index contributed by atoms with van der Waals surface area (Å²) in [5, 5.41) is 7.51. The second-order valence-electron chi connectivity index (χ2n) is 5.87. The van der Waals surface area contributed by atoms with E-state index in [0.29, 0.717) is 6.61 Å². The minimum Gasteiger partial charge on any atom is -0.484 e. The number of nitrogens with zero attached hydrogens (tertiary/aromatic N) is 4. The van der Waals surface area contributed by atoms with Crippen LogP contribution in [0.25, 0.3) is 0 Å². The van der Waals surface area contributed by atoms with E-state index < -0.39 is 0 Å². The fourth-order valence-electron chi connectivity index (χ4n) is 1.77. The van der Waals surface area contributed by atoms with Crippen LogP contribution in [-0.2, 0) is 19.7 Å². The average Bonchev–Trinajstić information content (AvgIpc) is 2.90. The van der Waals surface area contributed by atoms with Crippen LogP contribution in [0.3, 0.4) is 0 Å². The summed E-state index contributed by atoms with van der Waals surface area (Å²) in [6.45, 7) is 10.4. The van der Waals surface area contributed by atoms with Crippen molar-refractivity contribution >= 4 is 0 Å². The van der Waals surface area contributed by atoms with Crippen LogP contribution in [0.5, 0.6) is 5.75 Å². The molecule has 6 heteroatoms. The third-order valence-electron chi connectivity index (χ3n) is 2.96. The molecule has 0 aliphatic heterocycles. The first kappa shape index (κ1) is 15.4. The number of pyridine rings is 1. The molecule has 0 saturated heterocycles. The van der Waals surface area contributed by atoms with Gasteiger partial charge in [-0.1, -0.05) is 0 Å². The molecular formula is C15H23N5O. The third-order valence-corrected chi connectivity index (χ3v) is 2.96. The van der Waals surface area contributed by atoms with Crippen molar-refractivity contribution < 1.29 is 4.74 Å². The lowest BCUT2D eigenvalue weighted by Crippen LogP contribution is -2.35. The molecule has 0 aromatic carbocycles. The van der Waals surface area contributed by atoms with E-state index >= 15 is 0 Å². The fraction of sp³-hybridized carbons (Fsp3) is 0.533. The lowest BCUT2D eigenvalue weighted by Gasteiger charge is -2.20. The van der Waals surface area contributed by atoms with Crippen molar-refractivity contribution in [2.24, 2.45) is 0 Å². The Bertz CT molecular complexity index is 556. The first-order chi connectivity index (χ1) is 9.98. The molecule has 0 aliphatic rings. The Labute approximate surface area is 125 Å². The van der Waals surface area contributed by atoms with Gasteiger partial charge in [0.15, 0.2) is 5.82 Å². The number of nitrogens with one attached hydrogen (secondary N) is 1. The largest absolute Gasteiger partial charge is 0.484 e. The Morgan fingerprint density at radius 1 is 1.24 bits per heavy atom. The van der Waals surface area contributed by atoms with Crippen LogP contribution < -0.4 is 10.1 Å². The Morgan fingerprint density at radius 2 is 2.05 bits per heavy atom. The highest BCUT2D eigenvalue weighted by Crippen LogP contribution is 2.12. The molecule has 2 heterocycles. The molecule has 0 amide bonds. The van der Waals surface area contributed by atoms with Gasteiger partial charge in [-0.2, -0.15) is 5.10 Å². The summed E-state index contributed by atoms with van der Waals surface area (Å²) in [6, 6.07) is 3.90. The van der Waals surface area contributed by atoms with Gasteiger partial charge in [-0.3, -0.25) is 4.98 Å². The Hall–Kier alpha value is -1.95. The van der Waals surface area contributed by atoms with E-state index in [1.807, 2.05) is 23.7 Å². The van der Waals surface area contributed by atoms with E-state index in [0.717, 1.165) is 30.4 Å². The standard InChI is InChI=1S/C15H23N5O/c1-5-20-14(17-11-19-20)10-21-13-7-6-12(16-9-13)8-18-15(2,3)4/h6-7,9,11,18H,5,8,10H2,1-4H3. The summed E-state index contributed by atoms with van der Waals surface area (Å²) in [4.78, 5) is 8.57. The SMILES string of the molecule is CCn1ncnc1COc1ccc(CNC(C)(C)C)nc1. The fourth-order valence-corrected chi connectivity index (χ4v) is 1.77. The van der Waals surface area contributed by atoms with Crippen molar-refractivity contribution in [3.8, 4) is 5.75 Å². The number of aromatic nitrogens is 4. The van der Waals surface area contributed by atoms with Gasteiger partial charge in [-0.25, -0.2) is 9.67 Å². The van der Waals surface area contributed by atoms with Gasteiger partial charge in [0, 0.05) is 18.6 Å². The predicted octanol–water partition coefficient (Wildman–Crippen LogP) is 2.16. The molecule has 114 valence electrons. The molecule has 0 unspecified atom stereocenters. The lowest BCUT2D eigenvalue weighted by molar-refractivity contribution is 0.286. The minimum absolute atomic E-state index is 0.0844. The molecule has 0 aliphatic carbocycles. The quantitative estimate of drug-likeness (QED) is 0.883. The van der Waals surface area contributed by atoms with Gasteiger partial charge in [0.2, 0.25) is 0 Å². The maximum atomic E-state index is 5.69. The van der Waals surface area contributed by atoms with E-state index in [1.165, 1.54) is 0 Å².